The van der Waals surface area contributed by atoms with E-state index in [1.54, 1.807) is 7.11 Å². The zero-order valence-electron chi connectivity index (χ0n) is 10.6. The molecule has 2 unspecified atom stereocenters. The summed E-state index contributed by atoms with van der Waals surface area (Å²) in [5.41, 5.74) is 1.24. The highest BCUT2D eigenvalue weighted by molar-refractivity contribution is 5.28. The quantitative estimate of drug-likeness (QED) is 0.863. The molecule has 1 aromatic rings. The molecule has 0 aromatic heterocycles. The Bertz CT molecular complexity index is 367. The molecule has 1 saturated heterocycles. The molecule has 1 N–H and O–H groups in total. The van der Waals surface area contributed by atoms with Gasteiger partial charge in [-0.15, -0.1) is 0 Å². The van der Waals surface area contributed by atoms with E-state index in [0.29, 0.717) is 5.92 Å². The minimum atomic E-state index is -0.169. The second-order valence-electron chi connectivity index (χ2n) is 4.93. The Morgan fingerprint density at radius 3 is 3.06 bits per heavy atom. The number of hydrogen-bond donors (Lipinski definition) is 1. The van der Waals surface area contributed by atoms with Crippen molar-refractivity contribution in [1.29, 1.82) is 0 Å². The number of piperidine rings is 1. The monoisotopic (exact) mass is 235 g/mol. The number of likely N-dealkylation sites (tertiary alicyclic amines) is 1. The standard InChI is InChI=1S/C14H21NO2/c1-15-7-6-14(16)12(10-15)8-11-4-3-5-13(9-11)17-2/h3-5,9,12,14,16H,6-8,10H2,1-2H3. The molecule has 1 aliphatic heterocycles. The summed E-state index contributed by atoms with van der Waals surface area (Å²) in [6.45, 7) is 1.97. The summed E-state index contributed by atoms with van der Waals surface area (Å²) in [5.74, 6) is 1.22. The van der Waals surface area contributed by atoms with Crippen LogP contribution >= 0.6 is 0 Å². The van der Waals surface area contributed by atoms with Gasteiger partial charge in [0.1, 0.15) is 5.75 Å². The van der Waals surface area contributed by atoms with Gasteiger partial charge in [-0.3, -0.25) is 0 Å². The molecule has 0 radical (unpaired) electrons. The predicted octanol–water partition coefficient (Wildman–Crippen LogP) is 1.55. The molecule has 94 valence electrons. The average Bonchev–Trinajstić information content (AvgIpc) is 2.34. The molecule has 0 aliphatic carbocycles. The second kappa shape index (κ2) is 5.52. The van der Waals surface area contributed by atoms with Crippen LogP contribution in [-0.4, -0.2) is 43.4 Å². The molecule has 1 aromatic carbocycles. The van der Waals surface area contributed by atoms with Gasteiger partial charge in [-0.2, -0.15) is 0 Å². The summed E-state index contributed by atoms with van der Waals surface area (Å²) < 4.78 is 5.22. The molecule has 0 bridgehead atoms. The molecule has 2 atom stereocenters. The molecule has 0 spiro atoms. The van der Waals surface area contributed by atoms with Crippen molar-refractivity contribution in [2.24, 2.45) is 5.92 Å². The van der Waals surface area contributed by atoms with Crippen LogP contribution in [-0.2, 0) is 6.42 Å². The van der Waals surface area contributed by atoms with Crippen molar-refractivity contribution in [3.63, 3.8) is 0 Å². The number of aliphatic hydroxyl groups excluding tert-OH is 1. The first-order valence-corrected chi connectivity index (χ1v) is 6.18. The van der Waals surface area contributed by atoms with Crippen LogP contribution in [0.25, 0.3) is 0 Å². The van der Waals surface area contributed by atoms with E-state index in [-0.39, 0.29) is 6.10 Å². The molecular formula is C14H21NO2. The molecule has 1 heterocycles. The molecule has 1 fully saturated rings. The predicted molar refractivity (Wildman–Crippen MR) is 68.3 cm³/mol. The van der Waals surface area contributed by atoms with Crippen molar-refractivity contribution < 1.29 is 9.84 Å². The van der Waals surface area contributed by atoms with E-state index in [1.165, 1.54) is 5.56 Å². The van der Waals surface area contributed by atoms with Crippen molar-refractivity contribution >= 4 is 0 Å². The van der Waals surface area contributed by atoms with Crippen LogP contribution in [0.15, 0.2) is 24.3 Å². The first-order valence-electron chi connectivity index (χ1n) is 6.18. The van der Waals surface area contributed by atoms with E-state index in [1.807, 2.05) is 12.1 Å². The van der Waals surface area contributed by atoms with E-state index in [9.17, 15) is 5.11 Å². The van der Waals surface area contributed by atoms with Crippen LogP contribution in [0, 0.1) is 5.92 Å². The largest absolute Gasteiger partial charge is 0.497 e. The van der Waals surface area contributed by atoms with Gasteiger partial charge in [0.2, 0.25) is 0 Å². The number of nitrogens with zero attached hydrogens (tertiary/aromatic N) is 1. The minimum Gasteiger partial charge on any atom is -0.497 e. The summed E-state index contributed by atoms with van der Waals surface area (Å²) in [4.78, 5) is 2.29. The van der Waals surface area contributed by atoms with Gasteiger partial charge in [0.15, 0.2) is 0 Å². The molecule has 17 heavy (non-hydrogen) atoms. The van der Waals surface area contributed by atoms with Gasteiger partial charge in [-0.05, 0) is 37.6 Å². The second-order valence-corrected chi connectivity index (χ2v) is 4.93. The number of rotatable bonds is 3. The Balaban J connectivity index is 2.03. The fourth-order valence-corrected chi connectivity index (χ4v) is 2.50. The van der Waals surface area contributed by atoms with Crippen LogP contribution < -0.4 is 4.74 Å². The fraction of sp³-hybridized carbons (Fsp3) is 0.571. The summed E-state index contributed by atoms with van der Waals surface area (Å²) in [5, 5.41) is 10.0. The van der Waals surface area contributed by atoms with Crippen molar-refractivity contribution in [2.75, 3.05) is 27.2 Å². The minimum absolute atomic E-state index is 0.169. The Kier molecular flexibility index (Phi) is 4.02. The third-order valence-electron chi connectivity index (χ3n) is 3.53. The van der Waals surface area contributed by atoms with Crippen LogP contribution in [0.1, 0.15) is 12.0 Å². The zero-order valence-corrected chi connectivity index (χ0v) is 10.6. The van der Waals surface area contributed by atoms with Crippen LogP contribution in [0.5, 0.6) is 5.75 Å². The normalized spacial score (nSPS) is 25.8. The number of methoxy groups -OCH3 is 1. The number of ether oxygens (including phenoxy) is 1. The van der Waals surface area contributed by atoms with Gasteiger partial charge < -0.3 is 14.7 Å². The molecule has 3 nitrogen and oxygen atoms in total. The van der Waals surface area contributed by atoms with Gasteiger partial charge in [0, 0.05) is 19.0 Å². The Morgan fingerprint density at radius 2 is 2.29 bits per heavy atom. The first-order chi connectivity index (χ1) is 8.19. The van der Waals surface area contributed by atoms with Gasteiger partial charge in [0.25, 0.3) is 0 Å². The highest BCUT2D eigenvalue weighted by atomic mass is 16.5. The zero-order chi connectivity index (χ0) is 12.3. The molecule has 0 saturated carbocycles. The van der Waals surface area contributed by atoms with E-state index in [0.717, 1.165) is 31.7 Å². The van der Waals surface area contributed by atoms with Crippen LogP contribution in [0.3, 0.4) is 0 Å². The summed E-state index contributed by atoms with van der Waals surface area (Å²) >= 11 is 0. The van der Waals surface area contributed by atoms with Crippen molar-refractivity contribution in [3.8, 4) is 5.75 Å². The van der Waals surface area contributed by atoms with E-state index in [2.05, 4.69) is 24.1 Å². The SMILES string of the molecule is COc1cccc(CC2CN(C)CCC2O)c1. The van der Waals surface area contributed by atoms with Crippen LogP contribution in [0.4, 0.5) is 0 Å². The lowest BCUT2D eigenvalue weighted by molar-refractivity contribution is 0.0366. The van der Waals surface area contributed by atoms with Crippen molar-refractivity contribution in [2.45, 2.75) is 18.9 Å². The topological polar surface area (TPSA) is 32.7 Å². The van der Waals surface area contributed by atoms with E-state index >= 15 is 0 Å². The highest BCUT2D eigenvalue weighted by Crippen LogP contribution is 2.22. The Hall–Kier alpha value is -1.06. The molecule has 1 aliphatic rings. The number of benzene rings is 1. The number of aliphatic hydroxyl groups is 1. The summed E-state index contributed by atoms with van der Waals surface area (Å²) in [7, 11) is 3.80. The third-order valence-corrected chi connectivity index (χ3v) is 3.53. The van der Waals surface area contributed by atoms with Gasteiger partial charge >= 0.3 is 0 Å². The maximum atomic E-state index is 10.0. The maximum Gasteiger partial charge on any atom is 0.119 e. The Labute approximate surface area is 103 Å². The highest BCUT2D eigenvalue weighted by Gasteiger charge is 2.25. The molecule has 0 amide bonds. The maximum absolute atomic E-state index is 10.0. The lowest BCUT2D eigenvalue weighted by atomic mass is 9.89. The lowest BCUT2D eigenvalue weighted by Gasteiger charge is -2.34. The summed E-state index contributed by atoms with van der Waals surface area (Å²) in [6, 6.07) is 8.12. The number of hydrogen-bond acceptors (Lipinski definition) is 3. The van der Waals surface area contributed by atoms with Gasteiger partial charge in [-0.25, -0.2) is 0 Å². The van der Waals surface area contributed by atoms with Gasteiger partial charge in [-0.1, -0.05) is 12.1 Å². The fourth-order valence-electron chi connectivity index (χ4n) is 2.50. The lowest BCUT2D eigenvalue weighted by Crippen LogP contribution is -2.41. The third kappa shape index (κ3) is 3.20. The molecule has 3 heteroatoms. The van der Waals surface area contributed by atoms with E-state index in [4.69, 9.17) is 4.74 Å². The van der Waals surface area contributed by atoms with E-state index < -0.39 is 0 Å². The average molecular weight is 235 g/mol. The molecular weight excluding hydrogens is 214 g/mol. The van der Waals surface area contributed by atoms with Gasteiger partial charge in [0.05, 0.1) is 13.2 Å². The summed E-state index contributed by atoms with van der Waals surface area (Å²) in [6.07, 6.45) is 1.63. The van der Waals surface area contributed by atoms with Crippen molar-refractivity contribution in [3.05, 3.63) is 29.8 Å². The smallest absolute Gasteiger partial charge is 0.119 e. The Morgan fingerprint density at radius 1 is 1.47 bits per heavy atom. The van der Waals surface area contributed by atoms with Crippen molar-refractivity contribution in [1.82, 2.24) is 4.90 Å². The first kappa shape index (κ1) is 12.4. The van der Waals surface area contributed by atoms with Crippen LogP contribution in [0.2, 0.25) is 0 Å². The molecule has 2 rings (SSSR count).